The van der Waals surface area contributed by atoms with E-state index in [0.29, 0.717) is 11.3 Å². The number of carbonyl (C=O) groups excluding carboxylic acids is 2. The van der Waals surface area contributed by atoms with E-state index in [9.17, 15) is 9.59 Å². The van der Waals surface area contributed by atoms with Gasteiger partial charge in [0, 0.05) is 23.0 Å². The Morgan fingerprint density at radius 2 is 1.93 bits per heavy atom. The average Bonchev–Trinajstić information content (AvgIpc) is 3.28. The summed E-state index contributed by atoms with van der Waals surface area (Å²) < 4.78 is 0. The third-order valence-corrected chi connectivity index (χ3v) is 5.53. The number of aryl methyl sites for hydroxylation is 2. The number of anilines is 1. The van der Waals surface area contributed by atoms with Crippen molar-refractivity contribution in [1.29, 1.82) is 0 Å². The minimum atomic E-state index is -0.322. The summed E-state index contributed by atoms with van der Waals surface area (Å²) in [6.45, 7) is 4.20. The van der Waals surface area contributed by atoms with Gasteiger partial charge in [0.1, 0.15) is 5.70 Å². The van der Waals surface area contributed by atoms with Gasteiger partial charge < -0.3 is 5.32 Å². The lowest BCUT2D eigenvalue weighted by Crippen LogP contribution is -2.32. The van der Waals surface area contributed by atoms with E-state index in [4.69, 9.17) is 0 Å². The fraction of sp³-hybridized carbons (Fsp3) is 0.136. The van der Waals surface area contributed by atoms with Crippen LogP contribution >= 0.6 is 11.3 Å². The third kappa shape index (κ3) is 3.34. The number of benzene rings is 1. The molecule has 0 saturated heterocycles. The first-order valence-electron chi connectivity index (χ1n) is 8.92. The van der Waals surface area contributed by atoms with Crippen molar-refractivity contribution >= 4 is 34.4 Å². The molecule has 0 aliphatic carbocycles. The highest BCUT2D eigenvalue weighted by molar-refractivity contribution is 7.11. The van der Waals surface area contributed by atoms with E-state index >= 15 is 0 Å². The molecule has 0 radical (unpaired) electrons. The van der Waals surface area contributed by atoms with Gasteiger partial charge in [-0.2, -0.15) is 0 Å². The molecule has 0 atom stereocenters. The van der Waals surface area contributed by atoms with E-state index in [-0.39, 0.29) is 18.4 Å². The Bertz CT molecular complexity index is 1070. The highest BCUT2D eigenvalue weighted by Gasteiger charge is 2.39. The summed E-state index contributed by atoms with van der Waals surface area (Å²) in [6, 6.07) is 13.4. The van der Waals surface area contributed by atoms with Gasteiger partial charge in [-0.1, -0.05) is 29.8 Å². The van der Waals surface area contributed by atoms with Crippen molar-refractivity contribution < 1.29 is 9.59 Å². The Balaban J connectivity index is 1.73. The van der Waals surface area contributed by atoms with Crippen LogP contribution < -0.4 is 5.32 Å². The van der Waals surface area contributed by atoms with E-state index in [0.717, 1.165) is 27.3 Å². The van der Waals surface area contributed by atoms with Crippen LogP contribution in [0.2, 0.25) is 0 Å². The smallest absolute Gasteiger partial charge is 0.278 e. The quantitative estimate of drug-likeness (QED) is 0.666. The zero-order chi connectivity index (χ0) is 19.7. The molecule has 2 aromatic heterocycles. The molecule has 1 aliphatic heterocycles. The van der Waals surface area contributed by atoms with Gasteiger partial charge in [0.05, 0.1) is 12.1 Å². The maximum atomic E-state index is 13.2. The summed E-state index contributed by atoms with van der Waals surface area (Å²) in [5.74, 6) is -0.610. The first-order chi connectivity index (χ1) is 13.5. The minimum absolute atomic E-state index is 0.193. The van der Waals surface area contributed by atoms with Crippen LogP contribution in [0, 0.1) is 13.8 Å². The highest BCUT2D eigenvalue weighted by Crippen LogP contribution is 2.34. The molecule has 0 bridgehead atoms. The lowest BCUT2D eigenvalue weighted by molar-refractivity contribution is -0.137. The SMILES string of the molecule is Cc1ccc(NC2=C(c3cccs3)C(=O)N(Cc3cccnc3)C2=O)c(C)c1. The number of pyridine rings is 1. The maximum Gasteiger partial charge on any atom is 0.278 e. The van der Waals surface area contributed by atoms with Crippen LogP contribution in [0.1, 0.15) is 21.6 Å². The molecule has 2 amide bonds. The van der Waals surface area contributed by atoms with E-state index in [1.165, 1.54) is 16.2 Å². The molecule has 1 aliphatic rings. The zero-order valence-electron chi connectivity index (χ0n) is 15.6. The zero-order valence-corrected chi connectivity index (χ0v) is 16.4. The lowest BCUT2D eigenvalue weighted by atomic mass is 10.1. The number of thiophene rings is 1. The average molecular weight is 389 g/mol. The summed E-state index contributed by atoms with van der Waals surface area (Å²) in [6.07, 6.45) is 3.33. The summed E-state index contributed by atoms with van der Waals surface area (Å²) in [5, 5.41) is 5.13. The Kier molecular flexibility index (Phi) is 4.79. The van der Waals surface area contributed by atoms with E-state index in [1.807, 2.05) is 55.6 Å². The molecule has 0 fully saturated rings. The van der Waals surface area contributed by atoms with Crippen molar-refractivity contribution in [2.45, 2.75) is 20.4 Å². The molecule has 0 saturated carbocycles. The molecular formula is C22H19N3O2S. The second kappa shape index (κ2) is 7.40. The molecule has 0 unspecified atom stereocenters. The summed E-state index contributed by atoms with van der Waals surface area (Å²) >= 11 is 1.45. The van der Waals surface area contributed by atoms with Gasteiger partial charge in [0.25, 0.3) is 11.8 Å². The molecule has 3 aromatic rings. The molecular weight excluding hydrogens is 370 g/mol. The number of nitrogens with zero attached hydrogens (tertiary/aromatic N) is 2. The van der Waals surface area contributed by atoms with Crippen molar-refractivity contribution in [1.82, 2.24) is 9.88 Å². The number of hydrogen-bond acceptors (Lipinski definition) is 5. The summed E-state index contributed by atoms with van der Waals surface area (Å²) in [5.41, 5.74) is 4.53. The monoisotopic (exact) mass is 389 g/mol. The van der Waals surface area contributed by atoms with Crippen LogP contribution in [0.5, 0.6) is 0 Å². The van der Waals surface area contributed by atoms with Crippen LogP contribution in [-0.2, 0) is 16.1 Å². The van der Waals surface area contributed by atoms with Gasteiger partial charge >= 0.3 is 0 Å². The molecule has 28 heavy (non-hydrogen) atoms. The molecule has 140 valence electrons. The largest absolute Gasteiger partial charge is 0.350 e. The topological polar surface area (TPSA) is 62.3 Å². The standard InChI is InChI=1S/C22H19N3O2S/c1-14-7-8-17(15(2)11-14)24-20-19(18-6-4-10-28-18)21(26)25(22(20)27)13-16-5-3-9-23-12-16/h3-12,24H,13H2,1-2H3. The number of imide groups is 1. The first-order valence-corrected chi connectivity index (χ1v) is 9.80. The molecule has 6 heteroatoms. The Labute approximate surface area is 167 Å². The number of carbonyl (C=O) groups is 2. The van der Waals surface area contributed by atoms with Gasteiger partial charge in [-0.3, -0.25) is 19.5 Å². The van der Waals surface area contributed by atoms with Crippen molar-refractivity contribution in [3.05, 3.63) is 87.5 Å². The molecule has 0 spiro atoms. The predicted octanol–water partition coefficient (Wildman–Crippen LogP) is 4.15. The van der Waals surface area contributed by atoms with Crippen molar-refractivity contribution in [2.24, 2.45) is 0 Å². The van der Waals surface area contributed by atoms with Crippen molar-refractivity contribution in [3.8, 4) is 0 Å². The van der Waals surface area contributed by atoms with E-state index in [2.05, 4.69) is 10.3 Å². The van der Waals surface area contributed by atoms with Crippen LogP contribution in [0.25, 0.3) is 5.57 Å². The van der Waals surface area contributed by atoms with Gasteiger partial charge in [0.2, 0.25) is 0 Å². The van der Waals surface area contributed by atoms with Crippen LogP contribution in [0.15, 0.2) is 65.9 Å². The molecule has 4 rings (SSSR count). The molecule has 1 N–H and O–H groups in total. The van der Waals surface area contributed by atoms with Gasteiger partial charge in [-0.05, 0) is 48.6 Å². The van der Waals surface area contributed by atoms with Crippen LogP contribution in [-0.4, -0.2) is 21.7 Å². The van der Waals surface area contributed by atoms with E-state index < -0.39 is 0 Å². The van der Waals surface area contributed by atoms with Gasteiger partial charge in [-0.15, -0.1) is 11.3 Å². The van der Waals surface area contributed by atoms with Gasteiger partial charge in [-0.25, -0.2) is 0 Å². The number of aromatic nitrogens is 1. The fourth-order valence-electron chi connectivity index (χ4n) is 3.25. The summed E-state index contributed by atoms with van der Waals surface area (Å²) in [7, 11) is 0. The Hall–Kier alpha value is -3.25. The number of amides is 2. The minimum Gasteiger partial charge on any atom is -0.350 e. The van der Waals surface area contributed by atoms with Crippen LogP contribution in [0.4, 0.5) is 5.69 Å². The fourth-order valence-corrected chi connectivity index (χ4v) is 4.02. The number of nitrogens with one attached hydrogen (secondary N) is 1. The van der Waals surface area contributed by atoms with Crippen LogP contribution in [0.3, 0.4) is 0 Å². The molecule has 3 heterocycles. The lowest BCUT2D eigenvalue weighted by Gasteiger charge is -2.15. The predicted molar refractivity (Wildman–Crippen MR) is 111 cm³/mol. The Morgan fingerprint density at radius 1 is 1.07 bits per heavy atom. The highest BCUT2D eigenvalue weighted by atomic mass is 32.1. The second-order valence-corrected chi connectivity index (χ2v) is 7.68. The van der Waals surface area contributed by atoms with Gasteiger partial charge in [0.15, 0.2) is 0 Å². The Morgan fingerprint density at radius 3 is 2.61 bits per heavy atom. The summed E-state index contributed by atoms with van der Waals surface area (Å²) in [4.78, 5) is 32.5. The third-order valence-electron chi connectivity index (χ3n) is 4.64. The molecule has 1 aromatic carbocycles. The molecule has 5 nitrogen and oxygen atoms in total. The number of rotatable bonds is 5. The van der Waals surface area contributed by atoms with Crippen molar-refractivity contribution in [2.75, 3.05) is 5.32 Å². The number of hydrogen-bond donors (Lipinski definition) is 1. The van der Waals surface area contributed by atoms with Crippen molar-refractivity contribution in [3.63, 3.8) is 0 Å². The second-order valence-electron chi connectivity index (χ2n) is 6.73. The normalized spacial score (nSPS) is 14.1. The first kappa shape index (κ1) is 18.1. The van der Waals surface area contributed by atoms with E-state index in [1.54, 1.807) is 18.5 Å². The maximum absolute atomic E-state index is 13.2.